The van der Waals surface area contributed by atoms with E-state index >= 15 is 0 Å². The van der Waals surface area contributed by atoms with Crippen LogP contribution in [0.15, 0.2) is 24.3 Å². The van der Waals surface area contributed by atoms with Gasteiger partial charge in [-0.2, -0.15) is 0 Å². The molecular weight excluding hydrogens is 158 g/mol. The zero-order valence-corrected chi connectivity index (χ0v) is 7.77. The van der Waals surface area contributed by atoms with E-state index in [1.807, 2.05) is 19.1 Å². The number of nitrogens with one attached hydrogen (secondary N) is 1. The fourth-order valence-electron chi connectivity index (χ4n) is 0.684. The molecule has 0 aliphatic rings. The van der Waals surface area contributed by atoms with Crippen molar-refractivity contribution in [2.45, 2.75) is 13.3 Å². The predicted molar refractivity (Wildman–Crippen MR) is 52.2 cm³/mol. The Morgan fingerprint density at radius 3 is 2.73 bits per heavy atom. The Hall–Kier alpha value is -0.270. The predicted octanol–water partition coefficient (Wildman–Crippen LogP) is 2.34. The zero-order chi connectivity index (χ0) is 8.36. The highest BCUT2D eigenvalue weighted by molar-refractivity contribution is 6.18. The highest BCUT2D eigenvalue weighted by Crippen LogP contribution is 1.80. The average molecular weight is 174 g/mol. The molecule has 1 N–H and O–H groups in total. The molecule has 1 nitrogen and oxygen atoms in total. The van der Waals surface area contributed by atoms with Gasteiger partial charge in [-0.1, -0.05) is 24.3 Å². The number of alkyl halides is 1. The van der Waals surface area contributed by atoms with Crippen LogP contribution in [0.4, 0.5) is 0 Å². The van der Waals surface area contributed by atoms with Crippen molar-refractivity contribution in [2.75, 3.05) is 19.0 Å². The van der Waals surface area contributed by atoms with Crippen molar-refractivity contribution >= 4 is 11.6 Å². The lowest BCUT2D eigenvalue weighted by molar-refractivity contribution is 0.756. The second kappa shape index (κ2) is 9.73. The van der Waals surface area contributed by atoms with Gasteiger partial charge in [0.25, 0.3) is 0 Å². The van der Waals surface area contributed by atoms with Crippen molar-refractivity contribution in [3.05, 3.63) is 24.3 Å². The summed E-state index contributed by atoms with van der Waals surface area (Å²) in [5.74, 6) is 0.608. The van der Waals surface area contributed by atoms with Crippen molar-refractivity contribution in [3.8, 4) is 0 Å². The number of hydrogen-bond donors (Lipinski definition) is 1. The van der Waals surface area contributed by atoms with E-state index in [2.05, 4.69) is 17.5 Å². The molecule has 0 heterocycles. The highest BCUT2D eigenvalue weighted by atomic mass is 35.5. The van der Waals surface area contributed by atoms with Crippen LogP contribution in [-0.4, -0.2) is 19.0 Å². The minimum atomic E-state index is 0.608. The Kier molecular flexibility index (Phi) is 9.49. The van der Waals surface area contributed by atoms with Gasteiger partial charge >= 0.3 is 0 Å². The first-order valence-electron chi connectivity index (χ1n) is 3.94. The molecule has 0 aromatic heterocycles. The molecule has 11 heavy (non-hydrogen) atoms. The summed E-state index contributed by atoms with van der Waals surface area (Å²) in [6, 6.07) is 0. The molecule has 0 amide bonds. The lowest BCUT2D eigenvalue weighted by Gasteiger charge is -1.95. The lowest BCUT2D eigenvalue weighted by atomic mass is 10.4. The largest absolute Gasteiger partial charge is 0.313 e. The first kappa shape index (κ1) is 10.7. The van der Waals surface area contributed by atoms with Crippen molar-refractivity contribution < 1.29 is 0 Å². The molecule has 2 heteroatoms. The van der Waals surface area contributed by atoms with Gasteiger partial charge in [-0.15, -0.1) is 11.6 Å². The molecule has 0 rings (SSSR count). The number of halogens is 1. The third kappa shape index (κ3) is 9.73. The van der Waals surface area contributed by atoms with Gasteiger partial charge in [0.2, 0.25) is 0 Å². The van der Waals surface area contributed by atoms with Crippen LogP contribution in [0.3, 0.4) is 0 Å². The molecule has 0 spiro atoms. The second-order valence-electron chi connectivity index (χ2n) is 2.19. The molecule has 0 aliphatic carbocycles. The summed E-state index contributed by atoms with van der Waals surface area (Å²) >= 11 is 5.44. The Labute approximate surface area is 74.1 Å². The Balaban J connectivity index is 2.96. The van der Waals surface area contributed by atoms with Crippen LogP contribution < -0.4 is 5.32 Å². The smallest absolute Gasteiger partial charge is 0.0404 e. The SMILES string of the molecule is C/C=C/CCNC/C=C/CCl. The normalized spacial score (nSPS) is 11.8. The Morgan fingerprint density at radius 1 is 1.27 bits per heavy atom. The van der Waals surface area contributed by atoms with Crippen LogP contribution in [0.1, 0.15) is 13.3 Å². The molecule has 0 saturated carbocycles. The van der Waals surface area contributed by atoms with Crippen molar-refractivity contribution in [2.24, 2.45) is 0 Å². The third-order valence-corrected chi connectivity index (χ3v) is 1.42. The van der Waals surface area contributed by atoms with E-state index in [9.17, 15) is 0 Å². The molecular formula is C9H16ClN. The Morgan fingerprint density at radius 2 is 2.09 bits per heavy atom. The summed E-state index contributed by atoms with van der Waals surface area (Å²) in [6.07, 6.45) is 9.31. The molecule has 0 saturated heterocycles. The topological polar surface area (TPSA) is 12.0 Å². The summed E-state index contributed by atoms with van der Waals surface area (Å²) in [5.41, 5.74) is 0. The van der Waals surface area contributed by atoms with Gasteiger partial charge in [-0.05, 0) is 19.9 Å². The molecule has 0 atom stereocenters. The lowest BCUT2D eigenvalue weighted by Crippen LogP contribution is -2.14. The fraction of sp³-hybridized carbons (Fsp3) is 0.556. The standard InChI is InChI=1S/C9H16ClN/c1-2-3-5-8-11-9-6-4-7-10/h2-4,6,11H,5,7-9H2,1H3/b3-2+,6-4+. The molecule has 0 fully saturated rings. The summed E-state index contributed by atoms with van der Waals surface area (Å²) in [7, 11) is 0. The number of hydrogen-bond acceptors (Lipinski definition) is 1. The maximum Gasteiger partial charge on any atom is 0.0404 e. The molecule has 0 unspecified atom stereocenters. The van der Waals surface area contributed by atoms with Crippen LogP contribution in [0.2, 0.25) is 0 Å². The van der Waals surface area contributed by atoms with Crippen molar-refractivity contribution in [1.29, 1.82) is 0 Å². The molecule has 0 radical (unpaired) electrons. The van der Waals surface area contributed by atoms with E-state index in [-0.39, 0.29) is 0 Å². The van der Waals surface area contributed by atoms with Crippen LogP contribution in [0.25, 0.3) is 0 Å². The van der Waals surface area contributed by atoms with Gasteiger partial charge in [0.1, 0.15) is 0 Å². The fourth-order valence-corrected chi connectivity index (χ4v) is 0.810. The van der Waals surface area contributed by atoms with Crippen LogP contribution in [0.5, 0.6) is 0 Å². The zero-order valence-electron chi connectivity index (χ0n) is 7.02. The van der Waals surface area contributed by atoms with E-state index in [0.29, 0.717) is 5.88 Å². The van der Waals surface area contributed by atoms with Crippen LogP contribution in [-0.2, 0) is 0 Å². The Bertz CT molecular complexity index is 119. The van der Waals surface area contributed by atoms with Crippen LogP contribution in [0, 0.1) is 0 Å². The van der Waals surface area contributed by atoms with Crippen molar-refractivity contribution in [3.63, 3.8) is 0 Å². The summed E-state index contributed by atoms with van der Waals surface area (Å²) < 4.78 is 0. The second-order valence-corrected chi connectivity index (χ2v) is 2.50. The summed E-state index contributed by atoms with van der Waals surface area (Å²) in [5, 5.41) is 3.26. The number of allylic oxidation sites excluding steroid dienone is 2. The molecule has 0 aromatic carbocycles. The first-order chi connectivity index (χ1) is 5.41. The first-order valence-corrected chi connectivity index (χ1v) is 4.48. The van der Waals surface area contributed by atoms with E-state index in [1.165, 1.54) is 0 Å². The molecule has 64 valence electrons. The van der Waals surface area contributed by atoms with Gasteiger partial charge in [0, 0.05) is 12.4 Å². The number of rotatable bonds is 6. The van der Waals surface area contributed by atoms with E-state index < -0.39 is 0 Å². The highest BCUT2D eigenvalue weighted by Gasteiger charge is 1.78. The van der Waals surface area contributed by atoms with Crippen molar-refractivity contribution in [1.82, 2.24) is 5.32 Å². The van der Waals surface area contributed by atoms with E-state index in [1.54, 1.807) is 0 Å². The quantitative estimate of drug-likeness (QED) is 0.370. The monoisotopic (exact) mass is 173 g/mol. The average Bonchev–Trinajstić information content (AvgIpc) is 2.03. The van der Waals surface area contributed by atoms with Gasteiger partial charge in [0.15, 0.2) is 0 Å². The minimum Gasteiger partial charge on any atom is -0.313 e. The van der Waals surface area contributed by atoms with Crippen LogP contribution >= 0.6 is 11.6 Å². The maximum atomic E-state index is 5.44. The summed E-state index contributed by atoms with van der Waals surface area (Å²) in [6.45, 7) is 3.99. The third-order valence-electron chi connectivity index (χ3n) is 1.24. The van der Waals surface area contributed by atoms with E-state index in [4.69, 9.17) is 11.6 Å². The van der Waals surface area contributed by atoms with Gasteiger partial charge in [0.05, 0.1) is 0 Å². The molecule has 0 aliphatic heterocycles. The van der Waals surface area contributed by atoms with Gasteiger partial charge in [-0.3, -0.25) is 0 Å². The summed E-state index contributed by atoms with van der Waals surface area (Å²) in [4.78, 5) is 0. The molecule has 0 bridgehead atoms. The van der Waals surface area contributed by atoms with Gasteiger partial charge in [-0.25, -0.2) is 0 Å². The van der Waals surface area contributed by atoms with Gasteiger partial charge < -0.3 is 5.32 Å². The minimum absolute atomic E-state index is 0.608. The molecule has 0 aromatic rings. The maximum absolute atomic E-state index is 5.44. The van der Waals surface area contributed by atoms with E-state index in [0.717, 1.165) is 19.5 Å².